The molecular formula is C12H7F4NO2. The van der Waals surface area contributed by atoms with Gasteiger partial charge in [-0.15, -0.1) is 0 Å². The molecule has 0 saturated heterocycles. The van der Waals surface area contributed by atoms with E-state index < -0.39 is 29.4 Å². The predicted molar refractivity (Wildman–Crippen MR) is 57.7 cm³/mol. The molecule has 0 unspecified atom stereocenters. The third kappa shape index (κ3) is 2.23. The van der Waals surface area contributed by atoms with E-state index in [1.165, 1.54) is 6.92 Å². The van der Waals surface area contributed by atoms with Gasteiger partial charge in [0.15, 0.2) is 0 Å². The molecule has 7 heteroatoms. The van der Waals surface area contributed by atoms with Crippen LogP contribution in [0.3, 0.4) is 0 Å². The molecular weight excluding hydrogens is 266 g/mol. The first-order valence-electron chi connectivity index (χ1n) is 5.15. The molecule has 1 aliphatic heterocycles. The van der Waals surface area contributed by atoms with Gasteiger partial charge in [-0.25, -0.2) is 9.29 Å². The molecule has 1 aromatic carbocycles. The van der Waals surface area contributed by atoms with Crippen LogP contribution in [0, 0.1) is 5.82 Å². The number of hydrogen-bond acceptors (Lipinski definition) is 2. The van der Waals surface area contributed by atoms with Crippen LogP contribution in [0.1, 0.15) is 12.5 Å². The summed E-state index contributed by atoms with van der Waals surface area (Å²) in [7, 11) is 0. The molecule has 0 fully saturated rings. The van der Waals surface area contributed by atoms with Crippen LogP contribution in [0.5, 0.6) is 0 Å². The first-order valence-corrected chi connectivity index (χ1v) is 5.15. The highest BCUT2D eigenvalue weighted by Crippen LogP contribution is 2.33. The molecule has 0 saturated carbocycles. The lowest BCUT2D eigenvalue weighted by molar-refractivity contribution is -0.140. The number of hydrogen-bond donors (Lipinski definition) is 0. The van der Waals surface area contributed by atoms with Crippen LogP contribution in [-0.4, -0.2) is 11.8 Å². The van der Waals surface area contributed by atoms with Crippen molar-refractivity contribution in [3.05, 3.63) is 41.2 Å². The second-order valence-electron chi connectivity index (χ2n) is 3.97. The van der Waals surface area contributed by atoms with Gasteiger partial charge in [-0.05, 0) is 25.1 Å². The molecule has 1 aliphatic rings. The fourth-order valence-electron chi connectivity index (χ4n) is 1.71. The van der Waals surface area contributed by atoms with Gasteiger partial charge in [0, 0.05) is 11.6 Å². The Morgan fingerprint density at radius 1 is 1.16 bits per heavy atom. The van der Waals surface area contributed by atoms with E-state index in [0.717, 1.165) is 12.1 Å². The summed E-state index contributed by atoms with van der Waals surface area (Å²) in [5, 5.41) is 0. The van der Waals surface area contributed by atoms with Crippen molar-refractivity contribution in [3.8, 4) is 0 Å². The number of imide groups is 1. The molecule has 2 rings (SSSR count). The van der Waals surface area contributed by atoms with Crippen LogP contribution in [0.2, 0.25) is 0 Å². The molecule has 3 nitrogen and oxygen atoms in total. The molecule has 0 radical (unpaired) electrons. The quantitative estimate of drug-likeness (QED) is 0.582. The van der Waals surface area contributed by atoms with Gasteiger partial charge in [-0.2, -0.15) is 13.2 Å². The molecule has 1 aromatic rings. The van der Waals surface area contributed by atoms with Crippen molar-refractivity contribution in [3.63, 3.8) is 0 Å². The molecule has 100 valence electrons. The van der Waals surface area contributed by atoms with Gasteiger partial charge >= 0.3 is 6.18 Å². The van der Waals surface area contributed by atoms with Gasteiger partial charge in [0.05, 0.1) is 11.3 Å². The zero-order chi connectivity index (χ0) is 14.4. The Hall–Kier alpha value is -2.18. The van der Waals surface area contributed by atoms with Gasteiger partial charge in [0.2, 0.25) is 0 Å². The number of nitrogens with zero attached hydrogens (tertiary/aromatic N) is 1. The summed E-state index contributed by atoms with van der Waals surface area (Å²) in [6.45, 7) is 1.39. The number of benzene rings is 1. The van der Waals surface area contributed by atoms with Crippen molar-refractivity contribution in [2.24, 2.45) is 0 Å². The van der Waals surface area contributed by atoms with Gasteiger partial charge in [0.1, 0.15) is 5.82 Å². The lowest BCUT2D eigenvalue weighted by Crippen LogP contribution is -2.30. The molecule has 0 bridgehead atoms. The van der Waals surface area contributed by atoms with Crippen LogP contribution in [-0.2, 0) is 15.8 Å². The van der Waals surface area contributed by atoms with Gasteiger partial charge in [-0.3, -0.25) is 9.59 Å². The van der Waals surface area contributed by atoms with Crippen molar-refractivity contribution in [1.82, 2.24) is 0 Å². The highest BCUT2D eigenvalue weighted by molar-refractivity contribution is 6.30. The fraction of sp³-hybridized carbons (Fsp3) is 0.167. The van der Waals surface area contributed by atoms with Crippen LogP contribution >= 0.6 is 0 Å². The zero-order valence-electron chi connectivity index (χ0n) is 9.58. The summed E-state index contributed by atoms with van der Waals surface area (Å²) in [5.41, 5.74) is -1.53. The standard InChI is InChI=1S/C12H7F4NO2/c1-6-4-10(18)17(11(6)19)7-2-3-8(9(13)5-7)12(14,15)16/h2-5H,1H3. The third-order valence-corrected chi connectivity index (χ3v) is 2.62. The summed E-state index contributed by atoms with van der Waals surface area (Å²) in [5.74, 6) is -2.92. The summed E-state index contributed by atoms with van der Waals surface area (Å²) in [6, 6.07) is 1.90. The minimum atomic E-state index is -4.82. The van der Waals surface area contributed by atoms with Crippen LogP contribution in [0.25, 0.3) is 0 Å². The maximum Gasteiger partial charge on any atom is 0.419 e. The van der Waals surface area contributed by atoms with E-state index in [9.17, 15) is 27.2 Å². The summed E-state index contributed by atoms with van der Waals surface area (Å²) < 4.78 is 50.5. The number of alkyl halides is 3. The molecule has 2 amide bonds. The Morgan fingerprint density at radius 3 is 2.21 bits per heavy atom. The van der Waals surface area contributed by atoms with E-state index in [0.29, 0.717) is 17.0 Å². The molecule has 0 aromatic heterocycles. The van der Waals surface area contributed by atoms with Crippen LogP contribution in [0.4, 0.5) is 23.2 Å². The minimum Gasteiger partial charge on any atom is -0.269 e. The largest absolute Gasteiger partial charge is 0.419 e. The highest BCUT2D eigenvalue weighted by atomic mass is 19.4. The van der Waals surface area contributed by atoms with Gasteiger partial charge < -0.3 is 0 Å². The number of amides is 2. The Balaban J connectivity index is 2.42. The van der Waals surface area contributed by atoms with Crippen molar-refractivity contribution in [1.29, 1.82) is 0 Å². The molecule has 0 spiro atoms. The van der Waals surface area contributed by atoms with Crippen LogP contribution < -0.4 is 4.90 Å². The first-order chi connectivity index (χ1) is 8.71. The smallest absolute Gasteiger partial charge is 0.269 e. The zero-order valence-corrected chi connectivity index (χ0v) is 9.58. The number of rotatable bonds is 1. The Labute approximate surface area is 105 Å². The second-order valence-corrected chi connectivity index (χ2v) is 3.97. The molecule has 0 atom stereocenters. The lowest BCUT2D eigenvalue weighted by atomic mass is 10.1. The fourth-order valence-corrected chi connectivity index (χ4v) is 1.71. The first kappa shape index (κ1) is 13.3. The van der Waals surface area contributed by atoms with Gasteiger partial charge in [-0.1, -0.05) is 0 Å². The second kappa shape index (κ2) is 4.18. The average molecular weight is 273 g/mol. The van der Waals surface area contributed by atoms with E-state index in [2.05, 4.69) is 0 Å². The van der Waals surface area contributed by atoms with Gasteiger partial charge in [0.25, 0.3) is 11.8 Å². The van der Waals surface area contributed by atoms with E-state index in [1.54, 1.807) is 0 Å². The summed E-state index contributed by atoms with van der Waals surface area (Å²) in [6.07, 6.45) is -3.78. The van der Waals surface area contributed by atoms with Crippen molar-refractivity contribution < 1.29 is 27.2 Å². The van der Waals surface area contributed by atoms with Crippen LogP contribution in [0.15, 0.2) is 29.8 Å². The van der Waals surface area contributed by atoms with Crippen molar-refractivity contribution in [2.45, 2.75) is 13.1 Å². The number of anilines is 1. The summed E-state index contributed by atoms with van der Waals surface area (Å²) >= 11 is 0. The third-order valence-electron chi connectivity index (χ3n) is 2.62. The Kier molecular flexibility index (Phi) is 2.92. The highest BCUT2D eigenvalue weighted by Gasteiger charge is 2.36. The summed E-state index contributed by atoms with van der Waals surface area (Å²) in [4.78, 5) is 23.7. The predicted octanol–water partition coefficient (Wildman–Crippen LogP) is 2.66. The monoisotopic (exact) mass is 273 g/mol. The maximum atomic E-state index is 13.4. The Bertz CT molecular complexity index is 604. The number of carbonyl (C=O) groups is 2. The molecule has 19 heavy (non-hydrogen) atoms. The van der Waals surface area contributed by atoms with E-state index in [4.69, 9.17) is 0 Å². The van der Waals surface area contributed by atoms with E-state index >= 15 is 0 Å². The lowest BCUT2D eigenvalue weighted by Gasteiger charge is -2.16. The topological polar surface area (TPSA) is 37.4 Å². The molecule has 0 aliphatic carbocycles. The minimum absolute atomic E-state index is 0.144. The Morgan fingerprint density at radius 2 is 1.79 bits per heavy atom. The van der Waals surface area contributed by atoms with Crippen molar-refractivity contribution >= 4 is 17.5 Å². The van der Waals surface area contributed by atoms with Crippen molar-refractivity contribution in [2.75, 3.05) is 4.90 Å². The molecule has 0 N–H and O–H groups in total. The number of carbonyl (C=O) groups excluding carboxylic acids is 2. The number of halogens is 4. The van der Waals surface area contributed by atoms with E-state index in [-0.39, 0.29) is 11.3 Å². The van der Waals surface area contributed by atoms with E-state index in [1.807, 2.05) is 0 Å². The average Bonchev–Trinajstić information content (AvgIpc) is 2.51. The SMILES string of the molecule is CC1=CC(=O)N(c2ccc(C(F)(F)F)c(F)c2)C1=O. The maximum absolute atomic E-state index is 13.4. The molecule has 1 heterocycles. The normalized spacial score (nSPS) is 16.1.